The van der Waals surface area contributed by atoms with E-state index < -0.39 is 6.36 Å². The molecule has 0 aliphatic heterocycles. The molecule has 1 fully saturated rings. The van der Waals surface area contributed by atoms with Crippen molar-refractivity contribution in [3.8, 4) is 5.75 Å². The van der Waals surface area contributed by atoms with E-state index in [-0.39, 0.29) is 11.8 Å². The number of hydrogen-bond donors (Lipinski definition) is 1. The van der Waals surface area contributed by atoms with Gasteiger partial charge in [-0.15, -0.1) is 13.2 Å². The summed E-state index contributed by atoms with van der Waals surface area (Å²) in [6.07, 6.45) is -0.783. The Kier molecular flexibility index (Phi) is 4.34. The van der Waals surface area contributed by atoms with Crippen molar-refractivity contribution in [3.63, 3.8) is 0 Å². The van der Waals surface area contributed by atoms with Crippen LogP contribution in [0.3, 0.4) is 0 Å². The second-order valence-corrected chi connectivity index (χ2v) is 5.02. The van der Waals surface area contributed by atoms with Crippen LogP contribution in [0.5, 0.6) is 5.75 Å². The van der Waals surface area contributed by atoms with Crippen LogP contribution < -0.4 is 10.1 Å². The predicted octanol–water partition coefficient (Wildman–Crippen LogP) is 4.04. The smallest absolute Gasteiger partial charge is 0.406 e. The molecular weight excluding hydrogens is 255 g/mol. The topological polar surface area (TPSA) is 21.3 Å². The third-order valence-electron chi connectivity index (χ3n) is 3.31. The molecule has 0 heterocycles. The summed E-state index contributed by atoms with van der Waals surface area (Å²) < 4.78 is 39.9. The molecule has 19 heavy (non-hydrogen) atoms. The maximum absolute atomic E-state index is 12.0. The fourth-order valence-electron chi connectivity index (χ4n) is 1.99. The largest absolute Gasteiger partial charge is 0.573 e. The van der Waals surface area contributed by atoms with Crippen molar-refractivity contribution in [3.05, 3.63) is 29.8 Å². The molecule has 0 spiro atoms. The summed E-state index contributed by atoms with van der Waals surface area (Å²) in [5, 5.41) is 3.37. The molecule has 1 saturated carbocycles. The van der Waals surface area contributed by atoms with Gasteiger partial charge in [-0.3, -0.25) is 0 Å². The van der Waals surface area contributed by atoms with Crippen molar-refractivity contribution < 1.29 is 17.9 Å². The first-order valence-electron chi connectivity index (χ1n) is 6.53. The van der Waals surface area contributed by atoms with Crippen LogP contribution in [0.1, 0.15) is 37.8 Å². The van der Waals surface area contributed by atoms with Gasteiger partial charge in [0.1, 0.15) is 5.75 Å². The Balaban J connectivity index is 1.82. The van der Waals surface area contributed by atoms with Crippen LogP contribution >= 0.6 is 0 Å². The second-order valence-electron chi connectivity index (χ2n) is 5.02. The number of halogens is 3. The van der Waals surface area contributed by atoms with Crippen LogP contribution in [0.2, 0.25) is 0 Å². The molecule has 1 aliphatic carbocycles. The average Bonchev–Trinajstić information content (AvgIpc) is 3.12. The van der Waals surface area contributed by atoms with E-state index in [9.17, 15) is 13.2 Å². The van der Waals surface area contributed by atoms with Gasteiger partial charge in [-0.25, -0.2) is 0 Å². The first-order chi connectivity index (χ1) is 8.94. The standard InChI is InChI=1S/C14H18F3NO/c1-10(18-9-8-11-2-3-11)12-4-6-13(7-5-12)19-14(15,16)17/h4-7,10-11,18H,2-3,8-9H2,1H3. The molecule has 1 aliphatic rings. The van der Waals surface area contributed by atoms with E-state index in [1.807, 2.05) is 6.92 Å². The van der Waals surface area contributed by atoms with Crippen LogP contribution in [0.15, 0.2) is 24.3 Å². The number of alkyl halides is 3. The van der Waals surface area contributed by atoms with Crippen LogP contribution in [-0.4, -0.2) is 12.9 Å². The molecule has 5 heteroatoms. The van der Waals surface area contributed by atoms with E-state index in [4.69, 9.17) is 0 Å². The first-order valence-corrected chi connectivity index (χ1v) is 6.53. The highest BCUT2D eigenvalue weighted by Gasteiger charge is 2.31. The number of benzene rings is 1. The van der Waals surface area contributed by atoms with Crippen molar-refractivity contribution in [2.75, 3.05) is 6.54 Å². The van der Waals surface area contributed by atoms with Crippen molar-refractivity contribution in [2.24, 2.45) is 5.92 Å². The number of nitrogens with one attached hydrogen (secondary N) is 1. The van der Waals surface area contributed by atoms with Gasteiger partial charge < -0.3 is 10.1 Å². The molecule has 1 aromatic carbocycles. The Hall–Kier alpha value is -1.23. The van der Waals surface area contributed by atoms with Gasteiger partial charge in [0.05, 0.1) is 0 Å². The van der Waals surface area contributed by atoms with Crippen LogP contribution in [-0.2, 0) is 0 Å². The lowest BCUT2D eigenvalue weighted by Crippen LogP contribution is -2.20. The normalized spacial score (nSPS) is 17.3. The fraction of sp³-hybridized carbons (Fsp3) is 0.571. The maximum Gasteiger partial charge on any atom is 0.573 e. The molecule has 1 unspecified atom stereocenters. The minimum absolute atomic E-state index is 0.138. The first kappa shape index (κ1) is 14.2. The van der Waals surface area contributed by atoms with E-state index >= 15 is 0 Å². The summed E-state index contributed by atoms with van der Waals surface area (Å²) in [5.41, 5.74) is 0.963. The summed E-state index contributed by atoms with van der Waals surface area (Å²) >= 11 is 0. The lowest BCUT2D eigenvalue weighted by atomic mass is 10.1. The lowest BCUT2D eigenvalue weighted by Gasteiger charge is -2.15. The Morgan fingerprint density at radius 3 is 2.42 bits per heavy atom. The molecule has 0 amide bonds. The summed E-state index contributed by atoms with van der Waals surface area (Å²) in [5.74, 6) is 0.698. The fourth-order valence-corrected chi connectivity index (χ4v) is 1.99. The molecule has 0 saturated heterocycles. The van der Waals surface area contributed by atoms with Gasteiger partial charge in [0.15, 0.2) is 0 Å². The van der Waals surface area contributed by atoms with Crippen molar-refractivity contribution in [2.45, 2.75) is 38.6 Å². The zero-order valence-electron chi connectivity index (χ0n) is 10.8. The minimum atomic E-state index is -4.63. The van der Waals surface area contributed by atoms with Gasteiger partial charge >= 0.3 is 6.36 Å². The van der Waals surface area contributed by atoms with Crippen molar-refractivity contribution in [1.82, 2.24) is 5.32 Å². The highest BCUT2D eigenvalue weighted by molar-refractivity contribution is 5.29. The minimum Gasteiger partial charge on any atom is -0.406 e. The zero-order valence-corrected chi connectivity index (χ0v) is 10.8. The summed E-state index contributed by atoms with van der Waals surface area (Å²) in [6.45, 7) is 2.96. The van der Waals surface area contributed by atoms with Gasteiger partial charge in [0.25, 0.3) is 0 Å². The van der Waals surface area contributed by atoms with Crippen LogP contribution in [0.4, 0.5) is 13.2 Å². The molecule has 0 radical (unpaired) electrons. The Labute approximate surface area is 111 Å². The van der Waals surface area contributed by atoms with E-state index in [0.29, 0.717) is 0 Å². The molecule has 1 aromatic rings. The second kappa shape index (κ2) is 5.82. The Morgan fingerprint density at radius 2 is 1.89 bits per heavy atom. The average molecular weight is 273 g/mol. The third-order valence-corrected chi connectivity index (χ3v) is 3.31. The maximum atomic E-state index is 12.0. The summed E-state index contributed by atoms with van der Waals surface area (Å²) in [4.78, 5) is 0. The van der Waals surface area contributed by atoms with Gasteiger partial charge in [-0.2, -0.15) is 0 Å². The predicted molar refractivity (Wildman–Crippen MR) is 66.9 cm³/mol. The molecule has 1 atom stereocenters. The molecule has 1 N–H and O–H groups in total. The molecule has 2 nitrogen and oxygen atoms in total. The van der Waals surface area contributed by atoms with E-state index in [1.54, 1.807) is 12.1 Å². The summed E-state index contributed by atoms with van der Waals surface area (Å²) in [7, 11) is 0. The number of rotatable bonds is 6. The molecular formula is C14H18F3NO. The number of hydrogen-bond acceptors (Lipinski definition) is 2. The van der Waals surface area contributed by atoms with E-state index in [0.717, 1.165) is 18.0 Å². The zero-order chi connectivity index (χ0) is 13.9. The Bertz CT molecular complexity index is 398. The van der Waals surface area contributed by atoms with Crippen LogP contribution in [0, 0.1) is 5.92 Å². The monoisotopic (exact) mass is 273 g/mol. The van der Waals surface area contributed by atoms with Crippen molar-refractivity contribution >= 4 is 0 Å². The van der Waals surface area contributed by atoms with Crippen LogP contribution in [0.25, 0.3) is 0 Å². The summed E-state index contributed by atoms with van der Waals surface area (Å²) in [6, 6.07) is 6.16. The Morgan fingerprint density at radius 1 is 1.26 bits per heavy atom. The molecule has 106 valence electrons. The van der Waals surface area contributed by atoms with Crippen molar-refractivity contribution in [1.29, 1.82) is 0 Å². The quantitative estimate of drug-likeness (QED) is 0.844. The molecule has 2 rings (SSSR count). The number of ether oxygens (including phenoxy) is 1. The lowest BCUT2D eigenvalue weighted by molar-refractivity contribution is -0.274. The highest BCUT2D eigenvalue weighted by Crippen LogP contribution is 2.32. The van der Waals surface area contributed by atoms with Gasteiger partial charge in [-0.1, -0.05) is 25.0 Å². The third kappa shape index (κ3) is 5.11. The van der Waals surface area contributed by atoms with Gasteiger partial charge in [0.2, 0.25) is 0 Å². The van der Waals surface area contributed by atoms with Gasteiger partial charge in [-0.05, 0) is 43.5 Å². The van der Waals surface area contributed by atoms with E-state index in [1.165, 1.54) is 31.4 Å². The van der Waals surface area contributed by atoms with E-state index in [2.05, 4.69) is 10.1 Å². The molecule has 0 aromatic heterocycles. The highest BCUT2D eigenvalue weighted by atomic mass is 19.4. The SMILES string of the molecule is CC(NCCC1CC1)c1ccc(OC(F)(F)F)cc1. The molecule has 0 bridgehead atoms. The van der Waals surface area contributed by atoms with Gasteiger partial charge in [0, 0.05) is 6.04 Å².